The van der Waals surface area contributed by atoms with E-state index in [9.17, 15) is 14.4 Å². The molecule has 1 aliphatic heterocycles. The fourth-order valence-corrected chi connectivity index (χ4v) is 2.72. The molecule has 8 heteroatoms. The van der Waals surface area contributed by atoms with Crippen LogP contribution in [0.5, 0.6) is 0 Å². The maximum atomic E-state index is 12.2. The van der Waals surface area contributed by atoms with E-state index in [0.717, 1.165) is 43.3 Å². The predicted octanol–water partition coefficient (Wildman–Crippen LogP) is 0.918. The molecular formula is C16H31N5O3. The second-order valence-corrected chi connectivity index (χ2v) is 6.23. The molecule has 1 aromatic heterocycles. The van der Waals surface area contributed by atoms with Crippen molar-refractivity contribution in [3.8, 4) is 0 Å². The summed E-state index contributed by atoms with van der Waals surface area (Å²) >= 11 is 0. The Morgan fingerprint density at radius 1 is 1.21 bits per heavy atom. The van der Waals surface area contributed by atoms with Gasteiger partial charge in [-0.3, -0.25) is 9.78 Å². The van der Waals surface area contributed by atoms with Gasteiger partial charge < -0.3 is 15.1 Å². The van der Waals surface area contributed by atoms with E-state index >= 15 is 0 Å². The number of piperazine rings is 1. The zero-order chi connectivity index (χ0) is 17.5. The Labute approximate surface area is 144 Å². The minimum absolute atomic E-state index is 0. The zero-order valence-electron chi connectivity index (χ0n) is 14.5. The van der Waals surface area contributed by atoms with Crippen molar-refractivity contribution in [1.82, 2.24) is 19.8 Å². The van der Waals surface area contributed by atoms with Crippen LogP contribution in [0.4, 0.5) is 10.5 Å². The number of carbonyl (C=O) groups excluding carboxylic acids is 1. The average molecular weight is 341 g/mol. The lowest BCUT2D eigenvalue weighted by atomic mass is 10.2. The van der Waals surface area contributed by atoms with Crippen molar-refractivity contribution in [3.63, 3.8) is 0 Å². The van der Waals surface area contributed by atoms with E-state index in [2.05, 4.69) is 22.1 Å². The summed E-state index contributed by atoms with van der Waals surface area (Å²) in [6, 6.07) is -0.497. The van der Waals surface area contributed by atoms with Gasteiger partial charge in [0, 0.05) is 41.8 Å². The maximum Gasteiger partial charge on any atom is 0.336 e. The molecule has 8 nitrogen and oxygen atoms in total. The first-order valence-electron chi connectivity index (χ1n) is 8.60. The summed E-state index contributed by atoms with van der Waals surface area (Å²) < 4.78 is 0.953. The Balaban J connectivity index is 0.00000312. The van der Waals surface area contributed by atoms with Crippen LogP contribution in [0.1, 0.15) is 35.5 Å². The van der Waals surface area contributed by atoms with Crippen LogP contribution in [0.25, 0.3) is 0 Å². The number of likely N-dealkylation sites (N-methyl/N-ethyl adjacent to an activating group) is 1. The Hall–Kier alpha value is -2.09. The number of carbonyl (C=O) groups is 1. The summed E-state index contributed by atoms with van der Waals surface area (Å²) in [5, 5.41) is 2.73. The third-order valence-corrected chi connectivity index (χ3v) is 4.29. The second kappa shape index (κ2) is 8.68. The molecule has 0 unspecified atom stereocenters. The first-order valence-corrected chi connectivity index (χ1v) is 8.60. The third-order valence-electron chi connectivity index (χ3n) is 4.29. The van der Waals surface area contributed by atoms with Gasteiger partial charge in [0.2, 0.25) is 0 Å². The molecule has 138 valence electrons. The fourth-order valence-electron chi connectivity index (χ4n) is 2.72. The lowest BCUT2D eigenvalue weighted by molar-refractivity contribution is 0.241. The number of unbranched alkanes of at least 4 members (excludes halogenated alkanes) is 3. The molecule has 2 N–H and O–H groups in total. The largest absolute Gasteiger partial charge is 0.363 e. The molecule has 1 saturated heterocycles. The molecule has 0 atom stereocenters. The van der Waals surface area contributed by atoms with Crippen molar-refractivity contribution in [2.75, 3.05) is 44.7 Å². The van der Waals surface area contributed by atoms with E-state index in [1.807, 2.05) is 11.9 Å². The SMILES string of the molecule is CCCCCCNC(=O)n1cc(N2CCN(C)CC2)c(=O)[nH]c1=O.[HH].[HH]. The van der Waals surface area contributed by atoms with E-state index in [-0.39, 0.29) is 2.85 Å². The summed E-state index contributed by atoms with van der Waals surface area (Å²) in [7, 11) is 2.02. The Bertz CT molecular complexity index is 669. The lowest BCUT2D eigenvalue weighted by Crippen LogP contribution is -2.48. The van der Waals surface area contributed by atoms with Crippen LogP contribution < -0.4 is 21.5 Å². The zero-order valence-corrected chi connectivity index (χ0v) is 14.5. The highest BCUT2D eigenvalue weighted by Crippen LogP contribution is 2.09. The highest BCUT2D eigenvalue weighted by molar-refractivity contribution is 5.77. The number of anilines is 1. The molecule has 0 spiro atoms. The Morgan fingerprint density at radius 3 is 2.58 bits per heavy atom. The molecule has 0 bridgehead atoms. The number of amides is 1. The van der Waals surface area contributed by atoms with Crippen molar-refractivity contribution in [2.45, 2.75) is 32.6 Å². The molecule has 0 saturated carbocycles. The van der Waals surface area contributed by atoms with Gasteiger partial charge in [-0.25, -0.2) is 14.2 Å². The topological polar surface area (TPSA) is 90.4 Å². The first-order chi connectivity index (χ1) is 11.5. The number of rotatable bonds is 6. The van der Waals surface area contributed by atoms with Gasteiger partial charge in [0.05, 0.1) is 0 Å². The number of nitrogens with zero attached hydrogens (tertiary/aromatic N) is 3. The van der Waals surface area contributed by atoms with Crippen LogP contribution in [0, 0.1) is 0 Å². The normalized spacial score (nSPS) is 15.5. The number of aromatic amines is 1. The quantitative estimate of drug-likeness (QED) is 0.751. The molecule has 1 amide bonds. The van der Waals surface area contributed by atoms with Gasteiger partial charge in [-0.05, 0) is 13.5 Å². The van der Waals surface area contributed by atoms with Crippen LogP contribution in [-0.4, -0.2) is 60.3 Å². The standard InChI is InChI=1S/C16H27N5O3.2H2/c1-3-4-5-6-7-17-15(23)21-12-13(14(22)18-16(21)24)20-10-8-19(2)9-11-20;;/h12H,3-11H2,1-2H3,(H,17,23)(H,18,22,24);2*1H. The molecule has 0 aromatic carbocycles. The number of hydrogen-bond donors (Lipinski definition) is 2. The Kier molecular flexibility index (Phi) is 6.60. The molecule has 2 rings (SSSR count). The van der Waals surface area contributed by atoms with Gasteiger partial charge in [0.25, 0.3) is 5.56 Å². The molecule has 1 aromatic rings. The molecule has 2 heterocycles. The molecule has 24 heavy (non-hydrogen) atoms. The fraction of sp³-hybridized carbons (Fsp3) is 0.688. The molecule has 1 aliphatic rings. The van der Waals surface area contributed by atoms with Crippen molar-refractivity contribution >= 4 is 11.7 Å². The molecular weight excluding hydrogens is 310 g/mol. The maximum absolute atomic E-state index is 12.2. The van der Waals surface area contributed by atoms with Crippen LogP contribution in [0.3, 0.4) is 0 Å². The van der Waals surface area contributed by atoms with Gasteiger partial charge in [-0.1, -0.05) is 26.2 Å². The minimum atomic E-state index is -0.705. The van der Waals surface area contributed by atoms with Crippen LogP contribution in [-0.2, 0) is 0 Å². The highest BCUT2D eigenvalue weighted by atomic mass is 16.2. The van der Waals surface area contributed by atoms with Gasteiger partial charge >= 0.3 is 11.7 Å². The number of aromatic nitrogens is 2. The molecule has 0 radical (unpaired) electrons. The van der Waals surface area contributed by atoms with Crippen molar-refractivity contribution in [1.29, 1.82) is 0 Å². The van der Waals surface area contributed by atoms with Gasteiger partial charge in [-0.2, -0.15) is 0 Å². The van der Waals surface area contributed by atoms with Crippen molar-refractivity contribution < 1.29 is 7.65 Å². The van der Waals surface area contributed by atoms with Gasteiger partial charge in [-0.15, -0.1) is 0 Å². The highest BCUT2D eigenvalue weighted by Gasteiger charge is 2.19. The van der Waals surface area contributed by atoms with E-state index in [1.54, 1.807) is 0 Å². The Morgan fingerprint density at radius 2 is 1.92 bits per heavy atom. The predicted molar refractivity (Wildman–Crippen MR) is 98.2 cm³/mol. The van der Waals surface area contributed by atoms with E-state index in [1.165, 1.54) is 6.20 Å². The number of H-pyrrole nitrogens is 1. The molecule has 0 aliphatic carbocycles. The summed E-state index contributed by atoms with van der Waals surface area (Å²) in [5.74, 6) is 0. The monoisotopic (exact) mass is 341 g/mol. The summed E-state index contributed by atoms with van der Waals surface area (Å²) in [6.07, 6.45) is 5.53. The molecule has 1 fully saturated rings. The average Bonchev–Trinajstić information content (AvgIpc) is 2.55. The third kappa shape index (κ3) is 4.70. The van der Waals surface area contributed by atoms with Crippen molar-refractivity contribution in [2.24, 2.45) is 0 Å². The van der Waals surface area contributed by atoms with Gasteiger partial charge in [0.1, 0.15) is 5.69 Å². The van der Waals surface area contributed by atoms with E-state index in [4.69, 9.17) is 0 Å². The van der Waals surface area contributed by atoms with Crippen LogP contribution >= 0.6 is 0 Å². The van der Waals surface area contributed by atoms with Gasteiger partial charge in [0.15, 0.2) is 0 Å². The van der Waals surface area contributed by atoms with Crippen LogP contribution in [0.2, 0.25) is 0 Å². The summed E-state index contributed by atoms with van der Waals surface area (Å²) in [6.45, 7) is 5.70. The number of nitrogens with one attached hydrogen (secondary N) is 2. The lowest BCUT2D eigenvalue weighted by Gasteiger charge is -2.33. The smallest absolute Gasteiger partial charge is 0.336 e. The van der Waals surface area contributed by atoms with Crippen LogP contribution in [0.15, 0.2) is 15.8 Å². The van der Waals surface area contributed by atoms with E-state index in [0.29, 0.717) is 25.3 Å². The minimum Gasteiger partial charge on any atom is -0.363 e. The summed E-state index contributed by atoms with van der Waals surface area (Å²) in [5.41, 5.74) is -0.788. The summed E-state index contributed by atoms with van der Waals surface area (Å²) in [4.78, 5) is 42.5. The number of hydrogen-bond acceptors (Lipinski definition) is 5. The van der Waals surface area contributed by atoms with Crippen molar-refractivity contribution in [3.05, 3.63) is 27.0 Å². The second-order valence-electron chi connectivity index (χ2n) is 6.23. The van der Waals surface area contributed by atoms with E-state index < -0.39 is 17.3 Å². The first kappa shape index (κ1) is 18.3.